The van der Waals surface area contributed by atoms with Crippen LogP contribution >= 0.6 is 46.1 Å². The van der Waals surface area contributed by atoms with Crippen LogP contribution in [0.5, 0.6) is 0 Å². The summed E-state index contributed by atoms with van der Waals surface area (Å²) in [6.07, 6.45) is 0. The van der Waals surface area contributed by atoms with Crippen LogP contribution in [0.15, 0.2) is 0 Å². The summed E-state index contributed by atoms with van der Waals surface area (Å²) in [7, 11) is 0. The van der Waals surface area contributed by atoms with Gasteiger partial charge in [0.1, 0.15) is 10.6 Å². The number of halogens is 3. The molecule has 1 aromatic rings. The second kappa shape index (κ2) is 4.35. The Morgan fingerprint density at radius 3 is 1.86 bits per heavy atom. The van der Waals surface area contributed by atoms with Crippen molar-refractivity contribution in [2.45, 2.75) is 0 Å². The van der Waals surface area contributed by atoms with Crippen LogP contribution < -0.4 is 0 Å². The van der Waals surface area contributed by atoms with Crippen LogP contribution in [0.1, 0.15) is 30.0 Å². The molecule has 0 aliphatic heterocycles. The zero-order valence-corrected chi connectivity index (χ0v) is 9.30. The highest BCUT2D eigenvalue weighted by molar-refractivity contribution is 7.19. The Bertz CT molecular complexity index is 396. The number of rotatable bonds is 3. The molecule has 1 aromatic heterocycles. The molecular formula is C6Cl3NO3S. The minimum absolute atomic E-state index is 0.185. The molecule has 0 saturated carbocycles. The molecule has 0 amide bonds. The fourth-order valence-corrected chi connectivity index (χ4v) is 1.95. The van der Waals surface area contributed by atoms with Gasteiger partial charge in [0.15, 0.2) is 5.01 Å². The molecule has 4 nitrogen and oxygen atoms in total. The van der Waals surface area contributed by atoms with E-state index in [9.17, 15) is 14.4 Å². The lowest BCUT2D eigenvalue weighted by Crippen LogP contribution is -1.97. The lowest BCUT2D eigenvalue weighted by atomic mass is 10.4. The molecule has 0 unspecified atom stereocenters. The van der Waals surface area contributed by atoms with Gasteiger partial charge in [0, 0.05) is 0 Å². The quantitative estimate of drug-likeness (QED) is 0.792. The topological polar surface area (TPSA) is 64.1 Å². The molecule has 0 spiro atoms. The number of nitrogens with zero attached hydrogens (tertiary/aromatic N) is 1. The molecule has 0 aliphatic carbocycles. The van der Waals surface area contributed by atoms with Crippen molar-refractivity contribution in [3.63, 3.8) is 0 Å². The van der Waals surface area contributed by atoms with Crippen LogP contribution in [0.2, 0.25) is 0 Å². The fraction of sp³-hybridized carbons (Fsp3) is 0. The molecule has 0 atom stereocenters. The van der Waals surface area contributed by atoms with Crippen LogP contribution in [-0.2, 0) is 0 Å². The summed E-state index contributed by atoms with van der Waals surface area (Å²) >= 11 is 16.0. The van der Waals surface area contributed by atoms with Gasteiger partial charge in [0.05, 0.1) is 0 Å². The van der Waals surface area contributed by atoms with E-state index in [2.05, 4.69) is 4.98 Å². The van der Waals surface area contributed by atoms with Crippen LogP contribution in [0.25, 0.3) is 0 Å². The Hall–Kier alpha value is -0.490. The summed E-state index contributed by atoms with van der Waals surface area (Å²) in [4.78, 5) is 35.5. The first-order valence-electron chi connectivity index (χ1n) is 3.03. The molecular weight excluding hydrogens is 272 g/mol. The van der Waals surface area contributed by atoms with Crippen LogP contribution in [-0.4, -0.2) is 20.7 Å². The normalized spacial score (nSPS) is 9.93. The lowest BCUT2D eigenvalue weighted by Gasteiger charge is -1.86. The fourth-order valence-electron chi connectivity index (χ4n) is 0.671. The van der Waals surface area contributed by atoms with Gasteiger partial charge in [-0.25, -0.2) is 4.98 Å². The Morgan fingerprint density at radius 1 is 1.00 bits per heavy atom. The van der Waals surface area contributed by atoms with Crippen LogP contribution in [0.3, 0.4) is 0 Å². The van der Waals surface area contributed by atoms with Gasteiger partial charge in [0.25, 0.3) is 15.7 Å². The minimum atomic E-state index is -0.964. The summed E-state index contributed by atoms with van der Waals surface area (Å²) in [6.45, 7) is 0. The zero-order valence-electron chi connectivity index (χ0n) is 6.21. The standard InChI is InChI=1S/C6Cl3NO3S/c7-3(11)1-2(4(8)12)14-6(10-1)5(9)13. The summed E-state index contributed by atoms with van der Waals surface area (Å²) in [5.74, 6) is 0. The minimum Gasteiger partial charge on any atom is -0.275 e. The molecule has 0 aromatic carbocycles. The summed E-state index contributed by atoms with van der Waals surface area (Å²) < 4.78 is 0. The number of thiazole rings is 1. The molecule has 1 heterocycles. The van der Waals surface area contributed by atoms with E-state index < -0.39 is 15.7 Å². The SMILES string of the molecule is O=C(Cl)c1nc(C(=O)Cl)c(C(=O)Cl)s1. The van der Waals surface area contributed by atoms with Gasteiger partial charge < -0.3 is 0 Å². The molecule has 8 heteroatoms. The zero-order chi connectivity index (χ0) is 10.9. The predicted octanol–water partition coefficient (Wildman–Crippen LogP) is 2.28. The predicted molar refractivity (Wildman–Crippen MR) is 52.7 cm³/mol. The second-order valence-electron chi connectivity index (χ2n) is 2.02. The van der Waals surface area contributed by atoms with Gasteiger partial charge in [-0.1, -0.05) is 0 Å². The Labute approximate surface area is 96.8 Å². The Morgan fingerprint density at radius 2 is 1.57 bits per heavy atom. The van der Waals surface area contributed by atoms with Crippen molar-refractivity contribution in [3.8, 4) is 0 Å². The number of hydrogen-bond acceptors (Lipinski definition) is 5. The van der Waals surface area contributed by atoms with E-state index in [1.165, 1.54) is 0 Å². The highest BCUT2D eigenvalue weighted by Gasteiger charge is 2.23. The number of carbonyl (C=O) groups is 3. The third-order valence-corrected chi connectivity index (χ3v) is 2.98. The van der Waals surface area contributed by atoms with E-state index in [0.717, 1.165) is 0 Å². The maximum Gasteiger partial charge on any atom is 0.281 e. The summed E-state index contributed by atoms with van der Waals surface area (Å²) in [6, 6.07) is 0. The smallest absolute Gasteiger partial charge is 0.275 e. The number of aromatic nitrogens is 1. The maximum absolute atomic E-state index is 10.8. The molecule has 0 radical (unpaired) electrons. The first-order chi connectivity index (χ1) is 6.43. The molecule has 14 heavy (non-hydrogen) atoms. The third kappa shape index (κ3) is 2.30. The molecule has 1 rings (SSSR count). The highest BCUT2D eigenvalue weighted by atomic mass is 35.5. The van der Waals surface area contributed by atoms with Crippen molar-refractivity contribution in [1.82, 2.24) is 4.98 Å². The average Bonchev–Trinajstić information content (AvgIpc) is 2.47. The van der Waals surface area contributed by atoms with Gasteiger partial charge in [-0.05, 0) is 34.8 Å². The first-order valence-corrected chi connectivity index (χ1v) is 4.99. The molecule has 0 aliphatic rings. The number of hydrogen-bond donors (Lipinski definition) is 0. The van der Waals surface area contributed by atoms with Crippen molar-refractivity contribution >= 4 is 61.9 Å². The van der Waals surface area contributed by atoms with E-state index in [0.29, 0.717) is 11.3 Å². The average molecular weight is 272 g/mol. The van der Waals surface area contributed by atoms with Gasteiger partial charge >= 0.3 is 0 Å². The van der Waals surface area contributed by atoms with Crippen molar-refractivity contribution < 1.29 is 14.4 Å². The number of carbonyl (C=O) groups excluding carboxylic acids is 3. The summed E-state index contributed by atoms with van der Waals surface area (Å²) in [5.41, 5.74) is -0.347. The maximum atomic E-state index is 10.8. The van der Waals surface area contributed by atoms with Gasteiger partial charge in [0.2, 0.25) is 0 Å². The van der Waals surface area contributed by atoms with E-state index in [-0.39, 0.29) is 15.6 Å². The van der Waals surface area contributed by atoms with E-state index in [4.69, 9.17) is 34.8 Å². The summed E-state index contributed by atoms with van der Waals surface area (Å²) in [5, 5.41) is -2.94. The van der Waals surface area contributed by atoms with Crippen molar-refractivity contribution in [1.29, 1.82) is 0 Å². The van der Waals surface area contributed by atoms with Gasteiger partial charge in [-0.3, -0.25) is 14.4 Å². The van der Waals surface area contributed by atoms with E-state index in [1.807, 2.05) is 0 Å². The molecule has 74 valence electrons. The Kier molecular flexibility index (Phi) is 3.60. The third-order valence-electron chi connectivity index (χ3n) is 1.16. The van der Waals surface area contributed by atoms with Crippen LogP contribution in [0.4, 0.5) is 0 Å². The van der Waals surface area contributed by atoms with Gasteiger partial charge in [-0.2, -0.15) is 0 Å². The van der Waals surface area contributed by atoms with Gasteiger partial charge in [-0.15, -0.1) is 11.3 Å². The monoisotopic (exact) mass is 271 g/mol. The van der Waals surface area contributed by atoms with Crippen molar-refractivity contribution in [2.24, 2.45) is 0 Å². The largest absolute Gasteiger partial charge is 0.281 e. The van der Waals surface area contributed by atoms with Crippen LogP contribution in [0, 0.1) is 0 Å². The van der Waals surface area contributed by atoms with Crippen molar-refractivity contribution in [2.75, 3.05) is 0 Å². The van der Waals surface area contributed by atoms with E-state index >= 15 is 0 Å². The lowest BCUT2D eigenvalue weighted by molar-refractivity contribution is 0.105. The first kappa shape index (κ1) is 11.6. The molecule has 0 bridgehead atoms. The highest BCUT2D eigenvalue weighted by Crippen LogP contribution is 2.23. The van der Waals surface area contributed by atoms with E-state index in [1.54, 1.807) is 0 Å². The molecule has 0 saturated heterocycles. The second-order valence-corrected chi connectivity index (χ2v) is 4.05. The molecule has 0 N–H and O–H groups in total. The molecule has 0 fully saturated rings. The Balaban J connectivity index is 3.33. The van der Waals surface area contributed by atoms with Crippen molar-refractivity contribution in [3.05, 3.63) is 15.6 Å².